The highest BCUT2D eigenvalue weighted by atomic mass is 16.1. The van der Waals surface area contributed by atoms with E-state index in [1.165, 1.54) is 6.20 Å². The Hall–Kier alpha value is -2.55. The van der Waals surface area contributed by atoms with Crippen LogP contribution in [0.2, 0.25) is 0 Å². The maximum Gasteiger partial charge on any atom is 0.272 e. The van der Waals surface area contributed by atoms with Crippen LogP contribution in [-0.2, 0) is 13.6 Å². The maximum atomic E-state index is 12.3. The van der Waals surface area contributed by atoms with Crippen LogP contribution >= 0.6 is 0 Å². The standard InChI is InChI=1S/C12H18N8O/c1-7(2)11-14-4-8(18-13)10(17-11)12(21)15-5-9-19-16-6-20(9)3/h4,6-7,18H,5,13H2,1-3H3,(H,15,21). The molecular weight excluding hydrogens is 272 g/mol. The molecule has 0 aliphatic rings. The average molecular weight is 290 g/mol. The monoisotopic (exact) mass is 290 g/mol. The van der Waals surface area contributed by atoms with E-state index in [0.29, 0.717) is 17.3 Å². The Kier molecular flexibility index (Phi) is 4.43. The Balaban J connectivity index is 2.17. The summed E-state index contributed by atoms with van der Waals surface area (Å²) < 4.78 is 1.72. The summed E-state index contributed by atoms with van der Waals surface area (Å²) in [7, 11) is 1.80. The van der Waals surface area contributed by atoms with E-state index < -0.39 is 0 Å². The number of anilines is 1. The predicted octanol–water partition coefficient (Wildman–Crippen LogP) is -0.0559. The molecule has 0 unspecified atom stereocenters. The summed E-state index contributed by atoms with van der Waals surface area (Å²) in [6.07, 6.45) is 3.06. The Bertz CT molecular complexity index is 636. The van der Waals surface area contributed by atoms with Crippen molar-refractivity contribution in [3.8, 4) is 0 Å². The lowest BCUT2D eigenvalue weighted by molar-refractivity contribution is 0.0945. The van der Waals surface area contributed by atoms with Crippen molar-refractivity contribution in [1.82, 2.24) is 30.0 Å². The van der Waals surface area contributed by atoms with Crippen LogP contribution in [0.3, 0.4) is 0 Å². The molecule has 2 rings (SSSR count). The highest BCUT2D eigenvalue weighted by Crippen LogP contribution is 2.15. The first-order valence-corrected chi connectivity index (χ1v) is 6.47. The van der Waals surface area contributed by atoms with Gasteiger partial charge < -0.3 is 15.3 Å². The summed E-state index contributed by atoms with van der Waals surface area (Å²) in [5.74, 6) is 6.38. The lowest BCUT2D eigenvalue weighted by atomic mass is 10.2. The largest absolute Gasteiger partial charge is 0.343 e. The Morgan fingerprint density at radius 1 is 1.48 bits per heavy atom. The molecule has 9 nitrogen and oxygen atoms in total. The molecule has 0 fully saturated rings. The molecule has 0 bridgehead atoms. The minimum Gasteiger partial charge on any atom is -0.343 e. The minimum atomic E-state index is -0.352. The fourth-order valence-electron chi connectivity index (χ4n) is 1.66. The Labute approximate surface area is 122 Å². The number of nitrogens with zero attached hydrogens (tertiary/aromatic N) is 5. The number of hydrogen-bond donors (Lipinski definition) is 3. The molecule has 0 saturated carbocycles. The van der Waals surface area contributed by atoms with Gasteiger partial charge in [0.2, 0.25) is 0 Å². The number of aryl methyl sites for hydroxylation is 1. The van der Waals surface area contributed by atoms with Gasteiger partial charge >= 0.3 is 0 Å². The van der Waals surface area contributed by atoms with Gasteiger partial charge in [-0.3, -0.25) is 10.6 Å². The van der Waals surface area contributed by atoms with Crippen molar-refractivity contribution < 1.29 is 4.79 Å². The van der Waals surface area contributed by atoms with E-state index in [2.05, 4.69) is 30.9 Å². The third kappa shape index (κ3) is 3.31. The quantitative estimate of drug-likeness (QED) is 0.520. The van der Waals surface area contributed by atoms with Gasteiger partial charge in [0.1, 0.15) is 12.2 Å². The topological polar surface area (TPSA) is 124 Å². The molecule has 21 heavy (non-hydrogen) atoms. The van der Waals surface area contributed by atoms with Crippen LogP contribution in [0.1, 0.15) is 41.9 Å². The summed E-state index contributed by atoms with van der Waals surface area (Å²) in [6.45, 7) is 4.15. The number of amides is 1. The molecule has 112 valence electrons. The molecular formula is C12H18N8O. The van der Waals surface area contributed by atoms with Crippen molar-refractivity contribution in [3.05, 3.63) is 29.9 Å². The van der Waals surface area contributed by atoms with Gasteiger partial charge in [-0.25, -0.2) is 9.97 Å². The van der Waals surface area contributed by atoms with E-state index in [1.807, 2.05) is 13.8 Å². The first-order valence-electron chi connectivity index (χ1n) is 6.47. The number of aromatic nitrogens is 5. The molecule has 2 heterocycles. The first-order chi connectivity index (χ1) is 10.0. The normalized spacial score (nSPS) is 10.7. The van der Waals surface area contributed by atoms with E-state index in [1.54, 1.807) is 17.9 Å². The Morgan fingerprint density at radius 3 is 2.81 bits per heavy atom. The highest BCUT2D eigenvalue weighted by molar-refractivity contribution is 5.97. The molecule has 0 atom stereocenters. The number of rotatable bonds is 5. The molecule has 0 aromatic carbocycles. The fraction of sp³-hybridized carbons (Fsp3) is 0.417. The van der Waals surface area contributed by atoms with Crippen molar-refractivity contribution in [3.63, 3.8) is 0 Å². The molecule has 0 saturated heterocycles. The second-order valence-corrected chi connectivity index (χ2v) is 4.83. The van der Waals surface area contributed by atoms with Crippen molar-refractivity contribution in [2.24, 2.45) is 12.9 Å². The smallest absolute Gasteiger partial charge is 0.272 e. The zero-order valence-electron chi connectivity index (χ0n) is 12.2. The molecule has 9 heteroatoms. The van der Waals surface area contributed by atoms with Gasteiger partial charge in [0.05, 0.1) is 18.4 Å². The lowest BCUT2D eigenvalue weighted by Gasteiger charge is -2.11. The third-order valence-electron chi connectivity index (χ3n) is 2.91. The summed E-state index contributed by atoms with van der Waals surface area (Å²) in [6, 6.07) is 0. The van der Waals surface area contributed by atoms with Crippen LogP contribution in [-0.4, -0.2) is 30.6 Å². The van der Waals surface area contributed by atoms with E-state index in [-0.39, 0.29) is 24.1 Å². The van der Waals surface area contributed by atoms with Crippen LogP contribution in [0.15, 0.2) is 12.5 Å². The van der Waals surface area contributed by atoms with Crippen molar-refractivity contribution >= 4 is 11.6 Å². The zero-order chi connectivity index (χ0) is 15.4. The van der Waals surface area contributed by atoms with Gasteiger partial charge in [0, 0.05) is 13.0 Å². The minimum absolute atomic E-state index is 0.113. The molecule has 0 radical (unpaired) electrons. The van der Waals surface area contributed by atoms with Crippen LogP contribution < -0.4 is 16.6 Å². The van der Waals surface area contributed by atoms with E-state index in [0.717, 1.165) is 0 Å². The van der Waals surface area contributed by atoms with Crippen LogP contribution in [0.25, 0.3) is 0 Å². The number of nitrogen functional groups attached to an aromatic ring is 1. The van der Waals surface area contributed by atoms with Crippen LogP contribution in [0.5, 0.6) is 0 Å². The highest BCUT2D eigenvalue weighted by Gasteiger charge is 2.16. The molecule has 0 aliphatic carbocycles. The fourth-order valence-corrected chi connectivity index (χ4v) is 1.66. The maximum absolute atomic E-state index is 12.3. The van der Waals surface area contributed by atoms with Gasteiger partial charge in [-0.1, -0.05) is 13.8 Å². The molecule has 4 N–H and O–H groups in total. The van der Waals surface area contributed by atoms with Crippen molar-refractivity contribution in [2.75, 3.05) is 5.43 Å². The molecule has 2 aromatic rings. The molecule has 2 aromatic heterocycles. The van der Waals surface area contributed by atoms with Gasteiger partial charge in [0.25, 0.3) is 5.91 Å². The van der Waals surface area contributed by atoms with Crippen LogP contribution in [0, 0.1) is 0 Å². The summed E-state index contributed by atoms with van der Waals surface area (Å²) in [5, 5.41) is 10.4. The molecule has 0 spiro atoms. The zero-order valence-corrected chi connectivity index (χ0v) is 12.2. The number of carbonyl (C=O) groups excluding carboxylic acids is 1. The third-order valence-corrected chi connectivity index (χ3v) is 2.91. The predicted molar refractivity (Wildman–Crippen MR) is 76.1 cm³/mol. The molecule has 1 amide bonds. The number of nitrogens with two attached hydrogens (primary N) is 1. The SMILES string of the molecule is CC(C)c1ncc(NN)c(C(=O)NCc2nncn2C)n1. The Morgan fingerprint density at radius 2 is 2.24 bits per heavy atom. The summed E-state index contributed by atoms with van der Waals surface area (Å²) in [5.41, 5.74) is 3.01. The van der Waals surface area contributed by atoms with Crippen molar-refractivity contribution in [1.29, 1.82) is 0 Å². The van der Waals surface area contributed by atoms with Gasteiger partial charge in [-0.2, -0.15) is 0 Å². The lowest BCUT2D eigenvalue weighted by Crippen LogP contribution is -2.27. The van der Waals surface area contributed by atoms with Gasteiger partial charge in [-0.05, 0) is 0 Å². The van der Waals surface area contributed by atoms with Crippen LogP contribution in [0.4, 0.5) is 5.69 Å². The van der Waals surface area contributed by atoms with E-state index >= 15 is 0 Å². The average Bonchev–Trinajstić information content (AvgIpc) is 2.89. The van der Waals surface area contributed by atoms with E-state index in [4.69, 9.17) is 5.84 Å². The first kappa shape index (κ1) is 14.9. The van der Waals surface area contributed by atoms with E-state index in [9.17, 15) is 4.79 Å². The number of hydrogen-bond acceptors (Lipinski definition) is 7. The number of nitrogens with one attached hydrogen (secondary N) is 2. The van der Waals surface area contributed by atoms with Gasteiger partial charge in [-0.15, -0.1) is 10.2 Å². The summed E-state index contributed by atoms with van der Waals surface area (Å²) in [4.78, 5) is 20.7. The number of carbonyl (C=O) groups is 1. The van der Waals surface area contributed by atoms with Crippen molar-refractivity contribution in [2.45, 2.75) is 26.3 Å². The second-order valence-electron chi connectivity index (χ2n) is 4.83. The molecule has 0 aliphatic heterocycles. The number of hydrazine groups is 1. The second kappa shape index (κ2) is 6.27. The summed E-state index contributed by atoms with van der Waals surface area (Å²) >= 11 is 0. The van der Waals surface area contributed by atoms with Gasteiger partial charge in [0.15, 0.2) is 11.5 Å².